The maximum atomic E-state index is 14.2. The molecular formula is C38H36N2O6S2. The summed E-state index contributed by atoms with van der Waals surface area (Å²) in [5.74, 6) is -1.59. The summed E-state index contributed by atoms with van der Waals surface area (Å²) in [7, 11) is -8.90. The smallest absolute Gasteiger partial charge is 0.268 e. The van der Waals surface area contributed by atoms with Crippen LogP contribution in [0.25, 0.3) is 0 Å². The van der Waals surface area contributed by atoms with Crippen LogP contribution in [-0.2, 0) is 20.0 Å². The zero-order valence-electron chi connectivity index (χ0n) is 27.6. The first-order valence-electron chi connectivity index (χ1n) is 15.2. The van der Waals surface area contributed by atoms with Gasteiger partial charge >= 0.3 is 0 Å². The zero-order valence-corrected chi connectivity index (χ0v) is 29.2. The van der Waals surface area contributed by atoms with Gasteiger partial charge in [0, 0.05) is 11.1 Å². The van der Waals surface area contributed by atoms with Crippen molar-refractivity contribution in [2.45, 2.75) is 51.3 Å². The number of carbonyl (C=O) groups is 2. The lowest BCUT2D eigenvalue weighted by Gasteiger charge is -2.26. The summed E-state index contributed by atoms with van der Waals surface area (Å²) in [6.45, 7) is 10.7. The molecule has 0 saturated heterocycles. The number of carbonyl (C=O) groups excluding carboxylic acids is 2. The normalized spacial score (nSPS) is 11.6. The Balaban J connectivity index is 1.67. The molecule has 0 radical (unpaired) electrons. The standard InChI is InChI=1S/C38H36N2O6S2/c1-25-7-13-31(14-8-25)37(41)39(47(43,44)35-21-11-27(3)23-29(35)5)33-17-19-34(20-18-33)40(38(42)32-15-9-26(2)10-16-32)48(45,46)36-22-12-28(4)24-30(36)6/h7-24H,1-6H3. The van der Waals surface area contributed by atoms with Crippen molar-refractivity contribution >= 4 is 43.2 Å². The van der Waals surface area contributed by atoms with Crippen LogP contribution in [0.5, 0.6) is 0 Å². The Labute approximate surface area is 282 Å². The topological polar surface area (TPSA) is 109 Å². The van der Waals surface area contributed by atoms with Gasteiger partial charge in [0.15, 0.2) is 0 Å². The van der Waals surface area contributed by atoms with Crippen LogP contribution < -0.4 is 8.61 Å². The monoisotopic (exact) mass is 680 g/mol. The SMILES string of the molecule is Cc1ccc(C(=O)N(c2ccc(N(C(=O)c3ccc(C)cc3)S(=O)(=O)c3ccc(C)cc3C)cc2)S(=O)(=O)c2ccc(C)cc2C)cc1. The van der Waals surface area contributed by atoms with E-state index in [1.54, 1.807) is 86.6 Å². The largest absolute Gasteiger partial charge is 0.272 e. The van der Waals surface area contributed by atoms with E-state index in [4.69, 9.17) is 0 Å². The van der Waals surface area contributed by atoms with Gasteiger partial charge in [0.05, 0.1) is 21.2 Å². The quantitative estimate of drug-likeness (QED) is 0.167. The summed E-state index contributed by atoms with van der Waals surface area (Å²) in [4.78, 5) is 27.9. The molecule has 8 nitrogen and oxygen atoms in total. The minimum atomic E-state index is -4.45. The van der Waals surface area contributed by atoms with E-state index >= 15 is 0 Å². The van der Waals surface area contributed by atoms with Gasteiger partial charge in [0.1, 0.15) is 0 Å². The van der Waals surface area contributed by atoms with Crippen molar-refractivity contribution in [1.82, 2.24) is 0 Å². The summed E-state index contributed by atoms with van der Waals surface area (Å²) in [5.41, 5.74) is 4.65. The van der Waals surface area contributed by atoms with Crippen molar-refractivity contribution in [3.63, 3.8) is 0 Å². The molecule has 0 saturated carbocycles. The molecule has 0 bridgehead atoms. The molecule has 246 valence electrons. The van der Waals surface area contributed by atoms with Crippen LogP contribution in [-0.4, -0.2) is 28.6 Å². The Kier molecular flexibility index (Phi) is 9.44. The molecule has 10 heteroatoms. The molecule has 0 fully saturated rings. The molecule has 5 aromatic rings. The Morgan fingerprint density at radius 2 is 0.708 bits per heavy atom. The molecule has 0 heterocycles. The predicted molar refractivity (Wildman–Crippen MR) is 189 cm³/mol. The van der Waals surface area contributed by atoms with E-state index in [1.165, 1.54) is 36.4 Å². The molecule has 0 aliphatic heterocycles. The molecule has 0 aliphatic rings. The molecule has 0 spiro atoms. The second kappa shape index (κ2) is 13.2. The second-order valence-corrected chi connectivity index (χ2v) is 15.4. The fourth-order valence-corrected chi connectivity index (χ4v) is 8.71. The second-order valence-electron chi connectivity index (χ2n) is 11.9. The van der Waals surface area contributed by atoms with Gasteiger partial charge in [0.2, 0.25) is 0 Å². The molecule has 2 amide bonds. The molecular weight excluding hydrogens is 645 g/mol. The molecule has 0 aromatic heterocycles. The van der Waals surface area contributed by atoms with Crippen molar-refractivity contribution in [3.8, 4) is 0 Å². The molecule has 0 aliphatic carbocycles. The first kappa shape index (κ1) is 34.3. The van der Waals surface area contributed by atoms with Crippen LogP contribution in [0.2, 0.25) is 0 Å². The Morgan fingerprint density at radius 3 is 1.00 bits per heavy atom. The van der Waals surface area contributed by atoms with Crippen molar-refractivity contribution in [1.29, 1.82) is 0 Å². The van der Waals surface area contributed by atoms with E-state index in [2.05, 4.69) is 0 Å². The molecule has 0 N–H and O–H groups in total. The lowest BCUT2D eigenvalue weighted by Crippen LogP contribution is -2.38. The van der Waals surface area contributed by atoms with E-state index < -0.39 is 31.9 Å². The van der Waals surface area contributed by atoms with Gasteiger partial charge in [-0.1, -0.05) is 70.8 Å². The minimum absolute atomic E-state index is 0.0315. The maximum absolute atomic E-state index is 14.2. The van der Waals surface area contributed by atoms with Crippen molar-refractivity contribution < 1.29 is 26.4 Å². The number of anilines is 2. The van der Waals surface area contributed by atoms with Gasteiger partial charge in [-0.3, -0.25) is 9.59 Å². The number of nitrogens with zero attached hydrogens (tertiary/aromatic N) is 2. The number of rotatable bonds is 8. The third-order valence-electron chi connectivity index (χ3n) is 7.98. The fourth-order valence-electron chi connectivity index (χ4n) is 5.45. The number of benzene rings is 5. The summed E-state index contributed by atoms with van der Waals surface area (Å²) in [6.07, 6.45) is 0. The molecule has 5 rings (SSSR count). The summed E-state index contributed by atoms with van der Waals surface area (Å²) in [6, 6.07) is 28.0. The van der Waals surface area contributed by atoms with Crippen LogP contribution in [0.4, 0.5) is 11.4 Å². The van der Waals surface area contributed by atoms with Gasteiger partial charge in [-0.25, -0.2) is 16.8 Å². The Hall–Kier alpha value is -5.06. The van der Waals surface area contributed by atoms with Crippen molar-refractivity contribution in [2.24, 2.45) is 0 Å². The van der Waals surface area contributed by atoms with E-state index in [9.17, 15) is 26.4 Å². The lowest BCUT2D eigenvalue weighted by atomic mass is 10.1. The summed E-state index contributed by atoms with van der Waals surface area (Å²) < 4.78 is 58.4. The maximum Gasteiger partial charge on any atom is 0.272 e. The van der Waals surface area contributed by atoms with E-state index in [0.717, 1.165) is 22.3 Å². The van der Waals surface area contributed by atoms with Crippen LogP contribution >= 0.6 is 0 Å². The molecule has 48 heavy (non-hydrogen) atoms. The number of aryl methyl sites for hydroxylation is 6. The van der Waals surface area contributed by atoms with E-state index in [0.29, 0.717) is 19.7 Å². The van der Waals surface area contributed by atoms with E-state index in [1.807, 2.05) is 27.7 Å². The van der Waals surface area contributed by atoms with Crippen LogP contribution in [0.15, 0.2) is 119 Å². The Morgan fingerprint density at radius 1 is 0.417 bits per heavy atom. The lowest BCUT2D eigenvalue weighted by molar-refractivity contribution is 0.0996. The minimum Gasteiger partial charge on any atom is -0.268 e. The zero-order chi connectivity index (χ0) is 35.0. The highest BCUT2D eigenvalue weighted by molar-refractivity contribution is 7.94. The van der Waals surface area contributed by atoms with Gasteiger partial charge in [-0.05, 0) is 113 Å². The molecule has 0 atom stereocenters. The fraction of sp³-hybridized carbons (Fsp3) is 0.158. The van der Waals surface area contributed by atoms with E-state index in [-0.39, 0.29) is 32.3 Å². The van der Waals surface area contributed by atoms with Crippen LogP contribution in [0.3, 0.4) is 0 Å². The number of sulfonamides is 2. The average Bonchev–Trinajstić information content (AvgIpc) is 3.02. The predicted octanol–water partition coefficient (Wildman–Crippen LogP) is 7.61. The third kappa shape index (κ3) is 6.67. The molecule has 0 unspecified atom stereocenters. The van der Waals surface area contributed by atoms with Gasteiger partial charge in [0.25, 0.3) is 31.9 Å². The summed E-state index contributed by atoms with van der Waals surface area (Å²) in [5, 5.41) is 0. The highest BCUT2D eigenvalue weighted by Gasteiger charge is 2.36. The highest BCUT2D eigenvalue weighted by atomic mass is 32.2. The van der Waals surface area contributed by atoms with Crippen LogP contribution in [0, 0.1) is 41.5 Å². The molecule has 5 aromatic carbocycles. The van der Waals surface area contributed by atoms with Gasteiger partial charge in [-0.15, -0.1) is 0 Å². The number of amides is 2. The van der Waals surface area contributed by atoms with Crippen molar-refractivity contribution in [3.05, 3.63) is 154 Å². The third-order valence-corrected chi connectivity index (χ3v) is 11.7. The summed E-state index contributed by atoms with van der Waals surface area (Å²) >= 11 is 0. The van der Waals surface area contributed by atoms with Crippen molar-refractivity contribution in [2.75, 3.05) is 8.61 Å². The highest BCUT2D eigenvalue weighted by Crippen LogP contribution is 2.33. The van der Waals surface area contributed by atoms with Gasteiger partial charge in [-0.2, -0.15) is 8.61 Å². The number of hydrogen-bond donors (Lipinski definition) is 0. The first-order chi connectivity index (χ1) is 22.6. The Bertz CT molecular complexity index is 2080. The number of hydrogen-bond acceptors (Lipinski definition) is 6. The van der Waals surface area contributed by atoms with Gasteiger partial charge < -0.3 is 0 Å². The van der Waals surface area contributed by atoms with Crippen LogP contribution in [0.1, 0.15) is 54.1 Å². The average molecular weight is 681 g/mol. The first-order valence-corrected chi connectivity index (χ1v) is 18.1.